The van der Waals surface area contributed by atoms with Crippen LogP contribution in [0.5, 0.6) is 17.4 Å². The van der Waals surface area contributed by atoms with Gasteiger partial charge in [-0.05, 0) is 44.9 Å². The first-order valence-electron chi connectivity index (χ1n) is 9.40. The highest BCUT2D eigenvalue weighted by Crippen LogP contribution is 2.37. The number of benzene rings is 1. The van der Waals surface area contributed by atoms with E-state index in [1.165, 1.54) is 7.11 Å². The predicted molar refractivity (Wildman–Crippen MR) is 111 cm³/mol. The van der Waals surface area contributed by atoms with Crippen molar-refractivity contribution in [3.8, 4) is 17.4 Å². The van der Waals surface area contributed by atoms with Crippen molar-refractivity contribution in [1.29, 1.82) is 0 Å². The lowest BCUT2D eigenvalue weighted by Crippen LogP contribution is -2.20. The van der Waals surface area contributed by atoms with Gasteiger partial charge in [-0.15, -0.1) is 0 Å². The molecule has 0 aliphatic carbocycles. The van der Waals surface area contributed by atoms with Crippen molar-refractivity contribution in [2.75, 3.05) is 19.0 Å². The number of hydrogen-bond acceptors (Lipinski definition) is 6. The van der Waals surface area contributed by atoms with Crippen molar-refractivity contribution in [3.05, 3.63) is 40.5 Å². The molecule has 6 nitrogen and oxygen atoms in total. The molecule has 0 bridgehead atoms. The van der Waals surface area contributed by atoms with Crippen molar-refractivity contribution in [2.24, 2.45) is 0 Å². The number of anilines is 1. The van der Waals surface area contributed by atoms with E-state index in [1.54, 1.807) is 18.2 Å². The highest BCUT2D eigenvalue weighted by atomic mass is 35.5. The van der Waals surface area contributed by atoms with Crippen LogP contribution in [-0.2, 0) is 4.74 Å². The van der Waals surface area contributed by atoms with Gasteiger partial charge in [-0.1, -0.05) is 25.4 Å². The largest absolute Gasteiger partial charge is 0.490 e. The molecule has 0 fully saturated rings. The maximum atomic E-state index is 12.5. The van der Waals surface area contributed by atoms with Crippen molar-refractivity contribution >= 4 is 23.3 Å². The smallest absolute Gasteiger partial charge is 0.345 e. The Hall–Kier alpha value is -2.47. The molecule has 2 rings (SSSR count). The van der Waals surface area contributed by atoms with Crippen LogP contribution in [0.2, 0.25) is 5.02 Å². The fourth-order valence-electron chi connectivity index (χ4n) is 2.78. The summed E-state index contributed by atoms with van der Waals surface area (Å²) in [4.78, 5) is 17.0. The Kier molecular flexibility index (Phi) is 7.93. The molecule has 152 valence electrons. The third-order valence-corrected chi connectivity index (χ3v) is 4.50. The van der Waals surface area contributed by atoms with Crippen molar-refractivity contribution in [3.63, 3.8) is 0 Å². The van der Waals surface area contributed by atoms with E-state index in [0.717, 1.165) is 12.8 Å². The first-order chi connectivity index (χ1) is 13.4. The lowest BCUT2D eigenvalue weighted by molar-refractivity contribution is 0.0598. The van der Waals surface area contributed by atoms with E-state index in [9.17, 15) is 4.79 Å². The molecular weight excluding hydrogens is 380 g/mol. The second-order valence-corrected chi connectivity index (χ2v) is 6.70. The van der Waals surface area contributed by atoms with Gasteiger partial charge >= 0.3 is 5.97 Å². The number of halogens is 1. The molecule has 7 heteroatoms. The van der Waals surface area contributed by atoms with Gasteiger partial charge in [0, 0.05) is 22.8 Å². The minimum Gasteiger partial charge on any atom is -0.490 e. The molecule has 0 aliphatic heterocycles. The fraction of sp³-hybridized carbons (Fsp3) is 0.429. The molecule has 0 saturated heterocycles. The number of ether oxygens (including phenoxy) is 3. The molecule has 1 heterocycles. The average Bonchev–Trinajstić information content (AvgIpc) is 2.67. The number of rotatable bonds is 9. The fourth-order valence-corrected chi connectivity index (χ4v) is 2.95. The molecular formula is C21H27ClN2O4. The van der Waals surface area contributed by atoms with Crippen molar-refractivity contribution in [1.82, 2.24) is 4.98 Å². The summed E-state index contributed by atoms with van der Waals surface area (Å²) in [7, 11) is 1.33. The quantitative estimate of drug-likeness (QED) is 0.545. The first kappa shape index (κ1) is 21.8. The zero-order valence-electron chi connectivity index (χ0n) is 17.0. The number of nitrogens with one attached hydrogen (secondary N) is 1. The Labute approximate surface area is 171 Å². The topological polar surface area (TPSA) is 69.7 Å². The maximum absolute atomic E-state index is 12.5. The molecule has 0 amide bonds. The Morgan fingerprint density at radius 1 is 1.18 bits per heavy atom. The monoisotopic (exact) mass is 406 g/mol. The number of aryl methyl sites for hydroxylation is 1. The molecule has 0 atom stereocenters. The Morgan fingerprint density at radius 3 is 2.50 bits per heavy atom. The van der Waals surface area contributed by atoms with Gasteiger partial charge in [-0.2, -0.15) is 0 Å². The molecule has 0 radical (unpaired) electrons. The van der Waals surface area contributed by atoms with Crippen LogP contribution in [0.25, 0.3) is 0 Å². The molecule has 2 aromatic rings. The van der Waals surface area contributed by atoms with Crippen LogP contribution < -0.4 is 14.8 Å². The zero-order valence-corrected chi connectivity index (χ0v) is 17.7. The summed E-state index contributed by atoms with van der Waals surface area (Å²) in [5.74, 6) is 0.526. The molecule has 0 aliphatic rings. The lowest BCUT2D eigenvalue weighted by atomic mass is 10.1. The number of carbonyl (C=O) groups is 1. The minimum absolute atomic E-state index is 0.156. The molecule has 0 saturated carbocycles. The van der Waals surface area contributed by atoms with Gasteiger partial charge in [0.05, 0.1) is 19.4 Å². The summed E-state index contributed by atoms with van der Waals surface area (Å²) in [5.41, 5.74) is 1.59. The number of esters is 1. The van der Waals surface area contributed by atoms with Gasteiger partial charge in [0.15, 0.2) is 11.5 Å². The summed E-state index contributed by atoms with van der Waals surface area (Å²) in [6.45, 7) is 8.34. The number of pyridine rings is 1. The molecule has 0 spiro atoms. The summed E-state index contributed by atoms with van der Waals surface area (Å²) < 4.78 is 16.6. The number of aromatic nitrogens is 1. The standard InChI is InChI=1S/C21H27ClN2O4/c1-6-15(7-2)24-16-11-13(4)23-20(19(16)21(25)26-5)28-17-10-9-14(22)12-18(17)27-8-3/h9-12,15H,6-8H2,1-5H3,(H,23,24). The third-order valence-electron chi connectivity index (χ3n) is 4.26. The first-order valence-corrected chi connectivity index (χ1v) is 9.77. The van der Waals surface area contributed by atoms with Crippen LogP contribution >= 0.6 is 11.6 Å². The van der Waals surface area contributed by atoms with Crippen LogP contribution in [0.1, 0.15) is 49.7 Å². The van der Waals surface area contributed by atoms with Gasteiger partial charge in [-0.25, -0.2) is 9.78 Å². The maximum Gasteiger partial charge on any atom is 0.345 e. The lowest BCUT2D eigenvalue weighted by Gasteiger charge is -2.21. The van der Waals surface area contributed by atoms with Gasteiger partial charge < -0.3 is 19.5 Å². The molecule has 1 N–H and O–H groups in total. The van der Waals surface area contributed by atoms with Crippen LogP contribution in [-0.4, -0.2) is 30.7 Å². The highest BCUT2D eigenvalue weighted by molar-refractivity contribution is 6.30. The molecule has 1 aromatic heterocycles. The summed E-state index contributed by atoms with van der Waals surface area (Å²) >= 11 is 6.06. The number of hydrogen-bond donors (Lipinski definition) is 1. The molecule has 1 aromatic carbocycles. The van der Waals surface area contributed by atoms with Crippen molar-refractivity contribution in [2.45, 2.75) is 46.6 Å². The van der Waals surface area contributed by atoms with Crippen molar-refractivity contribution < 1.29 is 19.0 Å². The van der Waals surface area contributed by atoms with Gasteiger partial charge in [0.1, 0.15) is 5.56 Å². The third kappa shape index (κ3) is 5.29. The SMILES string of the molecule is CCOc1cc(Cl)ccc1Oc1nc(C)cc(NC(CC)CC)c1C(=O)OC. The molecule has 0 unspecified atom stereocenters. The predicted octanol–water partition coefficient (Wildman–Crippen LogP) is 5.62. The van der Waals surface area contributed by atoms with E-state index in [1.807, 2.05) is 19.9 Å². The number of nitrogens with zero attached hydrogens (tertiary/aromatic N) is 1. The average molecular weight is 407 g/mol. The van der Waals surface area contributed by atoms with E-state index >= 15 is 0 Å². The van der Waals surface area contributed by atoms with Crippen LogP contribution in [0.15, 0.2) is 24.3 Å². The second kappa shape index (κ2) is 10.2. The number of carbonyl (C=O) groups excluding carboxylic acids is 1. The van der Waals surface area contributed by atoms with E-state index < -0.39 is 5.97 Å². The highest BCUT2D eigenvalue weighted by Gasteiger charge is 2.24. The normalized spacial score (nSPS) is 10.7. The Bertz CT molecular complexity index is 822. The van der Waals surface area contributed by atoms with Gasteiger partial charge in [0.25, 0.3) is 0 Å². The van der Waals surface area contributed by atoms with Crippen LogP contribution in [0.3, 0.4) is 0 Å². The minimum atomic E-state index is -0.525. The zero-order chi connectivity index (χ0) is 20.7. The van der Waals surface area contributed by atoms with Gasteiger partial charge in [0.2, 0.25) is 5.88 Å². The van der Waals surface area contributed by atoms with E-state index in [0.29, 0.717) is 34.5 Å². The number of methoxy groups -OCH3 is 1. The summed E-state index contributed by atoms with van der Waals surface area (Å²) in [5, 5.41) is 3.93. The van der Waals surface area contributed by atoms with Crippen LogP contribution in [0, 0.1) is 6.92 Å². The second-order valence-electron chi connectivity index (χ2n) is 6.27. The van der Waals surface area contributed by atoms with E-state index in [-0.39, 0.29) is 17.5 Å². The van der Waals surface area contributed by atoms with Gasteiger partial charge in [-0.3, -0.25) is 0 Å². The molecule has 28 heavy (non-hydrogen) atoms. The summed E-state index contributed by atoms with van der Waals surface area (Å²) in [6, 6.07) is 7.08. The van der Waals surface area contributed by atoms with E-state index in [4.69, 9.17) is 25.8 Å². The Morgan fingerprint density at radius 2 is 1.89 bits per heavy atom. The van der Waals surface area contributed by atoms with Crippen LogP contribution in [0.4, 0.5) is 5.69 Å². The van der Waals surface area contributed by atoms with E-state index in [2.05, 4.69) is 24.1 Å². The Balaban J connectivity index is 2.54. The summed E-state index contributed by atoms with van der Waals surface area (Å²) in [6.07, 6.45) is 1.83.